The van der Waals surface area contributed by atoms with Crippen molar-refractivity contribution in [2.24, 2.45) is 0 Å². The van der Waals surface area contributed by atoms with Gasteiger partial charge in [-0.2, -0.15) is 5.10 Å². The topological polar surface area (TPSA) is 57.8 Å². The van der Waals surface area contributed by atoms with Crippen LogP contribution in [0.25, 0.3) is 0 Å². The van der Waals surface area contributed by atoms with Gasteiger partial charge in [-0.15, -0.1) is 0 Å². The molecule has 4 nitrogen and oxygen atoms in total. The van der Waals surface area contributed by atoms with Gasteiger partial charge in [0.15, 0.2) is 0 Å². The molecule has 1 aromatic carbocycles. The van der Waals surface area contributed by atoms with E-state index in [0.717, 1.165) is 21.4 Å². The third kappa shape index (κ3) is 3.17. The molecule has 0 radical (unpaired) electrons. The number of H-pyrrole nitrogens is 1. The second-order valence-electron chi connectivity index (χ2n) is 3.79. The smallest absolute Gasteiger partial charge is 0.230 e. The molecule has 0 atom stereocenters. The molecule has 1 amide bonds. The van der Waals surface area contributed by atoms with Gasteiger partial charge in [-0.05, 0) is 46.6 Å². The Morgan fingerprint density at radius 3 is 2.94 bits per heavy atom. The summed E-state index contributed by atoms with van der Waals surface area (Å²) in [4.78, 5) is 11.7. The Morgan fingerprint density at radius 2 is 2.29 bits per heavy atom. The molecule has 0 aliphatic rings. The van der Waals surface area contributed by atoms with E-state index >= 15 is 0 Å². The summed E-state index contributed by atoms with van der Waals surface area (Å²) in [6.45, 7) is 2.00. The lowest BCUT2D eigenvalue weighted by molar-refractivity contribution is -0.115. The minimum absolute atomic E-state index is 0.0706. The van der Waals surface area contributed by atoms with Crippen LogP contribution in [0.4, 0.5) is 5.69 Å². The van der Waals surface area contributed by atoms with E-state index in [0.29, 0.717) is 6.42 Å². The maximum atomic E-state index is 11.7. The highest BCUT2D eigenvalue weighted by Crippen LogP contribution is 2.23. The van der Waals surface area contributed by atoms with Gasteiger partial charge >= 0.3 is 0 Å². The van der Waals surface area contributed by atoms with Crippen LogP contribution in [0.1, 0.15) is 11.3 Å². The first-order chi connectivity index (χ1) is 8.15. The maximum absolute atomic E-state index is 11.7. The van der Waals surface area contributed by atoms with Gasteiger partial charge < -0.3 is 5.32 Å². The molecule has 1 heterocycles. The van der Waals surface area contributed by atoms with Crippen LogP contribution in [0.15, 0.2) is 34.9 Å². The third-order valence-electron chi connectivity index (χ3n) is 2.31. The zero-order valence-corrected chi connectivity index (χ0v) is 10.9. The highest BCUT2D eigenvalue weighted by molar-refractivity contribution is 9.10. The van der Waals surface area contributed by atoms with Crippen molar-refractivity contribution in [2.75, 3.05) is 5.32 Å². The first-order valence-electron chi connectivity index (χ1n) is 5.19. The zero-order valence-electron chi connectivity index (χ0n) is 9.33. The van der Waals surface area contributed by atoms with Crippen LogP contribution >= 0.6 is 15.9 Å². The molecule has 0 fully saturated rings. The zero-order chi connectivity index (χ0) is 12.3. The molecule has 88 valence electrons. The molecule has 0 unspecified atom stereocenters. The first-order valence-corrected chi connectivity index (χ1v) is 5.99. The fraction of sp³-hybridized carbons (Fsp3) is 0.167. The minimum Gasteiger partial charge on any atom is -0.325 e. The van der Waals surface area contributed by atoms with Crippen LogP contribution in [-0.4, -0.2) is 16.1 Å². The van der Waals surface area contributed by atoms with E-state index in [4.69, 9.17) is 0 Å². The largest absolute Gasteiger partial charge is 0.325 e. The molecule has 2 aromatic rings. The number of aromatic nitrogens is 2. The number of hydrogen-bond donors (Lipinski definition) is 2. The Morgan fingerprint density at radius 1 is 1.47 bits per heavy atom. The number of aromatic amines is 1. The molecule has 0 spiro atoms. The fourth-order valence-electron chi connectivity index (χ4n) is 1.47. The van der Waals surface area contributed by atoms with Crippen molar-refractivity contribution in [3.63, 3.8) is 0 Å². The SMILES string of the molecule is Cc1ccc(NC(=O)Cc2ccn[nH]2)c(Br)c1. The fourth-order valence-corrected chi connectivity index (χ4v) is 2.06. The third-order valence-corrected chi connectivity index (χ3v) is 2.96. The van der Waals surface area contributed by atoms with Crippen molar-refractivity contribution in [2.45, 2.75) is 13.3 Å². The van der Waals surface area contributed by atoms with Gasteiger partial charge in [-0.25, -0.2) is 0 Å². The van der Waals surface area contributed by atoms with Crippen molar-refractivity contribution < 1.29 is 4.79 Å². The van der Waals surface area contributed by atoms with E-state index < -0.39 is 0 Å². The minimum atomic E-state index is -0.0706. The molecule has 2 N–H and O–H groups in total. The standard InChI is InChI=1S/C12H12BrN3O/c1-8-2-3-11(10(13)6-8)15-12(17)7-9-4-5-14-16-9/h2-6H,7H2,1H3,(H,14,16)(H,15,17). The van der Waals surface area contributed by atoms with E-state index in [1.54, 1.807) is 12.3 Å². The summed E-state index contributed by atoms with van der Waals surface area (Å²) >= 11 is 3.42. The summed E-state index contributed by atoms with van der Waals surface area (Å²) in [5.74, 6) is -0.0706. The Balaban J connectivity index is 2.03. The number of amides is 1. The number of carbonyl (C=O) groups excluding carboxylic acids is 1. The predicted octanol–water partition coefficient (Wildman–Crippen LogP) is 2.66. The molecule has 0 saturated heterocycles. The summed E-state index contributed by atoms with van der Waals surface area (Å²) in [6, 6.07) is 7.58. The quantitative estimate of drug-likeness (QED) is 0.914. The second kappa shape index (κ2) is 5.14. The van der Waals surface area contributed by atoms with Gasteiger partial charge in [0.25, 0.3) is 0 Å². The second-order valence-corrected chi connectivity index (χ2v) is 4.64. The Hall–Kier alpha value is -1.62. The highest BCUT2D eigenvalue weighted by Gasteiger charge is 2.07. The molecule has 0 aliphatic carbocycles. The first kappa shape index (κ1) is 11.9. The summed E-state index contributed by atoms with van der Waals surface area (Å²) in [6.07, 6.45) is 1.92. The van der Waals surface area contributed by atoms with Gasteiger partial charge in [0.1, 0.15) is 0 Å². The number of benzene rings is 1. The molecular weight excluding hydrogens is 282 g/mol. The number of nitrogens with zero attached hydrogens (tertiary/aromatic N) is 1. The lowest BCUT2D eigenvalue weighted by Gasteiger charge is -2.07. The van der Waals surface area contributed by atoms with E-state index in [1.165, 1.54) is 0 Å². The summed E-state index contributed by atoms with van der Waals surface area (Å²) < 4.78 is 0.885. The normalized spacial score (nSPS) is 10.2. The van der Waals surface area contributed by atoms with Crippen molar-refractivity contribution in [3.05, 3.63) is 46.2 Å². The molecule has 0 aliphatic heterocycles. The van der Waals surface area contributed by atoms with Crippen LogP contribution < -0.4 is 5.32 Å². The van der Waals surface area contributed by atoms with Crippen LogP contribution in [0, 0.1) is 6.92 Å². The average molecular weight is 294 g/mol. The van der Waals surface area contributed by atoms with Crippen LogP contribution in [0.3, 0.4) is 0 Å². The summed E-state index contributed by atoms with van der Waals surface area (Å²) in [7, 11) is 0. The molecule has 1 aromatic heterocycles. The lowest BCUT2D eigenvalue weighted by Crippen LogP contribution is -2.15. The Labute approximate surface area is 108 Å². The highest BCUT2D eigenvalue weighted by atomic mass is 79.9. The van der Waals surface area contributed by atoms with Crippen molar-refractivity contribution in [3.8, 4) is 0 Å². The molecule has 17 heavy (non-hydrogen) atoms. The Kier molecular flexibility index (Phi) is 3.58. The predicted molar refractivity (Wildman–Crippen MR) is 69.8 cm³/mol. The van der Waals surface area contributed by atoms with Crippen LogP contribution in [-0.2, 0) is 11.2 Å². The molecule has 0 saturated carbocycles. The average Bonchev–Trinajstić information content (AvgIpc) is 2.75. The van der Waals surface area contributed by atoms with Gasteiger partial charge in [-0.1, -0.05) is 6.07 Å². The van der Waals surface area contributed by atoms with Crippen LogP contribution in [0.5, 0.6) is 0 Å². The maximum Gasteiger partial charge on any atom is 0.230 e. The van der Waals surface area contributed by atoms with Gasteiger partial charge in [-0.3, -0.25) is 9.89 Å². The summed E-state index contributed by atoms with van der Waals surface area (Å²) in [5.41, 5.74) is 2.72. The number of rotatable bonds is 3. The van der Waals surface area contributed by atoms with Gasteiger partial charge in [0.05, 0.1) is 12.1 Å². The van der Waals surface area contributed by atoms with Crippen LogP contribution in [0.2, 0.25) is 0 Å². The molecule has 5 heteroatoms. The monoisotopic (exact) mass is 293 g/mol. The lowest BCUT2D eigenvalue weighted by atomic mass is 10.2. The summed E-state index contributed by atoms with van der Waals surface area (Å²) in [5, 5.41) is 9.39. The number of nitrogens with one attached hydrogen (secondary N) is 2. The number of hydrogen-bond acceptors (Lipinski definition) is 2. The van der Waals surface area contributed by atoms with E-state index in [-0.39, 0.29) is 5.91 Å². The molecule has 0 bridgehead atoms. The molecular formula is C12H12BrN3O. The van der Waals surface area contributed by atoms with Gasteiger partial charge in [0.2, 0.25) is 5.91 Å². The number of carbonyl (C=O) groups is 1. The number of halogens is 1. The number of aryl methyl sites for hydroxylation is 1. The van der Waals surface area contributed by atoms with Gasteiger partial charge in [0, 0.05) is 16.4 Å². The van der Waals surface area contributed by atoms with Crippen molar-refractivity contribution in [1.29, 1.82) is 0 Å². The van der Waals surface area contributed by atoms with Crippen molar-refractivity contribution in [1.82, 2.24) is 10.2 Å². The van der Waals surface area contributed by atoms with E-state index in [1.807, 2.05) is 25.1 Å². The van der Waals surface area contributed by atoms with E-state index in [2.05, 4.69) is 31.4 Å². The Bertz CT molecular complexity index is 523. The van der Waals surface area contributed by atoms with E-state index in [9.17, 15) is 4.79 Å². The number of anilines is 1. The molecule has 2 rings (SSSR count). The van der Waals surface area contributed by atoms with Crippen molar-refractivity contribution >= 4 is 27.5 Å².